The van der Waals surface area contributed by atoms with Crippen LogP contribution < -0.4 is 4.74 Å². The van der Waals surface area contributed by atoms with Crippen molar-refractivity contribution in [3.63, 3.8) is 0 Å². The second kappa shape index (κ2) is 8.15. The van der Waals surface area contributed by atoms with Gasteiger partial charge >= 0.3 is 5.97 Å². The fraction of sp³-hybridized carbons (Fsp3) is 0.208. The van der Waals surface area contributed by atoms with Crippen molar-refractivity contribution in [1.29, 1.82) is 5.26 Å². The molecule has 0 spiro atoms. The molecule has 0 amide bonds. The van der Waals surface area contributed by atoms with Gasteiger partial charge in [-0.05, 0) is 65.8 Å². The third kappa shape index (κ3) is 4.27. The van der Waals surface area contributed by atoms with Crippen molar-refractivity contribution >= 4 is 5.97 Å². The molecule has 1 aliphatic rings. The first kappa shape index (κ1) is 18.7. The molecule has 0 unspecified atom stereocenters. The molecule has 5 nitrogen and oxygen atoms in total. The van der Waals surface area contributed by atoms with Gasteiger partial charge in [0.2, 0.25) is 5.88 Å². The second-order valence-corrected chi connectivity index (χ2v) is 7.15. The summed E-state index contributed by atoms with van der Waals surface area (Å²) < 4.78 is 5.94. The molecule has 4 rings (SSSR count). The van der Waals surface area contributed by atoms with Crippen molar-refractivity contribution in [2.45, 2.75) is 32.3 Å². The molecule has 2 heterocycles. The van der Waals surface area contributed by atoms with Crippen LogP contribution in [0.5, 0.6) is 5.88 Å². The molecule has 5 heteroatoms. The average molecular weight is 384 g/mol. The number of aromatic nitrogens is 1. The summed E-state index contributed by atoms with van der Waals surface area (Å²) in [6, 6.07) is 19.3. The van der Waals surface area contributed by atoms with Crippen LogP contribution in [0.25, 0.3) is 11.3 Å². The van der Waals surface area contributed by atoms with Gasteiger partial charge < -0.3 is 9.84 Å². The van der Waals surface area contributed by atoms with E-state index >= 15 is 0 Å². The lowest BCUT2D eigenvalue weighted by Crippen LogP contribution is -2.05. The van der Waals surface area contributed by atoms with Gasteiger partial charge in [0.25, 0.3) is 0 Å². The van der Waals surface area contributed by atoms with Crippen LogP contribution in [-0.2, 0) is 30.7 Å². The molecule has 2 aromatic carbocycles. The molecule has 0 saturated heterocycles. The predicted molar refractivity (Wildman–Crippen MR) is 109 cm³/mol. The Hall–Kier alpha value is -3.65. The van der Waals surface area contributed by atoms with Crippen LogP contribution in [0.4, 0.5) is 0 Å². The fourth-order valence-corrected chi connectivity index (χ4v) is 3.70. The number of benzene rings is 2. The van der Waals surface area contributed by atoms with Crippen LogP contribution in [0.15, 0.2) is 54.6 Å². The molecular weight excluding hydrogens is 364 g/mol. The molecule has 0 fully saturated rings. The summed E-state index contributed by atoms with van der Waals surface area (Å²) in [6.07, 6.45) is 2.40. The number of aryl methyl sites for hydroxylation is 2. The van der Waals surface area contributed by atoms with Gasteiger partial charge in [-0.25, -0.2) is 4.98 Å². The van der Waals surface area contributed by atoms with Crippen LogP contribution in [0.2, 0.25) is 0 Å². The SMILES string of the molecule is N#Cc1ccc2c(c1)CCCc1cc(ccc1CC(=O)O)-c1cccc(n1)OC2. The van der Waals surface area contributed by atoms with Gasteiger partial charge in [-0.3, -0.25) is 4.79 Å². The number of ether oxygens (including phenoxy) is 1. The van der Waals surface area contributed by atoms with Gasteiger partial charge in [0, 0.05) is 11.6 Å². The van der Waals surface area contributed by atoms with Gasteiger partial charge in [-0.15, -0.1) is 0 Å². The second-order valence-electron chi connectivity index (χ2n) is 7.15. The number of fused-ring (bicyclic) bond motifs is 6. The van der Waals surface area contributed by atoms with Crippen molar-refractivity contribution in [1.82, 2.24) is 4.98 Å². The largest absolute Gasteiger partial charge is 0.481 e. The lowest BCUT2D eigenvalue weighted by Gasteiger charge is -2.12. The number of hydrogen-bond donors (Lipinski definition) is 1. The highest BCUT2D eigenvalue weighted by atomic mass is 16.5. The van der Waals surface area contributed by atoms with E-state index in [1.807, 2.05) is 48.5 Å². The highest BCUT2D eigenvalue weighted by molar-refractivity contribution is 5.72. The standard InChI is InChI=1S/C24H20N2O3/c25-14-16-7-8-21-15-29-23-6-2-5-22(26-23)20-10-9-19(13-24(27)28)18(12-20)4-1-3-17(21)11-16/h2,5-12H,1,3-4,13,15H2,(H,27,28). The van der Waals surface area contributed by atoms with Crippen molar-refractivity contribution < 1.29 is 14.6 Å². The first-order valence-corrected chi connectivity index (χ1v) is 9.58. The number of carboxylic acids is 1. The van der Waals surface area contributed by atoms with Gasteiger partial charge in [0.1, 0.15) is 6.61 Å². The Kier molecular flexibility index (Phi) is 5.26. The number of hydrogen-bond acceptors (Lipinski definition) is 4. The molecule has 1 aliphatic heterocycles. The number of rotatable bonds is 2. The van der Waals surface area contributed by atoms with Crippen molar-refractivity contribution in [3.8, 4) is 23.2 Å². The maximum absolute atomic E-state index is 11.3. The minimum absolute atomic E-state index is 0.00135. The van der Waals surface area contributed by atoms with Crippen LogP contribution in [0.1, 0.15) is 34.2 Å². The minimum atomic E-state index is -0.838. The third-order valence-electron chi connectivity index (χ3n) is 5.17. The summed E-state index contributed by atoms with van der Waals surface area (Å²) in [7, 11) is 0. The molecule has 4 bridgehead atoms. The van der Waals surface area contributed by atoms with Gasteiger partial charge in [-0.1, -0.05) is 24.3 Å². The molecule has 3 aromatic rings. The van der Waals surface area contributed by atoms with Gasteiger partial charge in [-0.2, -0.15) is 5.26 Å². The van der Waals surface area contributed by atoms with Crippen molar-refractivity contribution in [2.24, 2.45) is 0 Å². The van der Waals surface area contributed by atoms with E-state index in [4.69, 9.17) is 4.74 Å². The Labute approximate surface area is 169 Å². The van der Waals surface area contributed by atoms with E-state index in [1.165, 1.54) is 0 Å². The first-order chi connectivity index (χ1) is 14.1. The Morgan fingerprint density at radius 2 is 1.93 bits per heavy atom. The number of pyridine rings is 1. The van der Waals surface area contributed by atoms with E-state index in [2.05, 4.69) is 11.1 Å². The summed E-state index contributed by atoms with van der Waals surface area (Å²) in [5, 5.41) is 18.5. The topological polar surface area (TPSA) is 83.2 Å². The fourth-order valence-electron chi connectivity index (χ4n) is 3.70. The molecule has 0 atom stereocenters. The zero-order valence-corrected chi connectivity index (χ0v) is 15.9. The Bertz CT molecular complexity index is 1120. The van der Waals surface area contributed by atoms with Crippen LogP contribution in [0, 0.1) is 11.3 Å². The molecule has 0 saturated carbocycles. The Balaban J connectivity index is 1.77. The maximum Gasteiger partial charge on any atom is 0.307 e. The van der Waals surface area contributed by atoms with E-state index in [0.717, 1.165) is 52.8 Å². The molecule has 144 valence electrons. The smallest absolute Gasteiger partial charge is 0.307 e. The van der Waals surface area contributed by atoms with Crippen molar-refractivity contribution in [2.75, 3.05) is 0 Å². The maximum atomic E-state index is 11.3. The highest BCUT2D eigenvalue weighted by Gasteiger charge is 2.13. The Morgan fingerprint density at radius 1 is 1.07 bits per heavy atom. The van der Waals surface area contributed by atoms with E-state index in [1.54, 1.807) is 6.07 Å². The number of nitriles is 1. The van der Waals surface area contributed by atoms with Crippen LogP contribution in [-0.4, -0.2) is 16.1 Å². The molecule has 1 aromatic heterocycles. The number of aliphatic carboxylic acids is 1. The van der Waals surface area contributed by atoms with Gasteiger partial charge in [0.15, 0.2) is 0 Å². The summed E-state index contributed by atoms with van der Waals surface area (Å²) in [5.41, 5.74) is 6.34. The van der Waals surface area contributed by atoms with Crippen LogP contribution in [0.3, 0.4) is 0 Å². The zero-order chi connectivity index (χ0) is 20.2. The summed E-state index contributed by atoms with van der Waals surface area (Å²) >= 11 is 0. The molecule has 1 N–H and O–H groups in total. The number of carbonyl (C=O) groups is 1. The molecule has 29 heavy (non-hydrogen) atoms. The predicted octanol–water partition coefficient (Wildman–Crippen LogP) is 4.32. The quantitative estimate of drug-likeness (QED) is 0.712. The third-order valence-corrected chi connectivity index (χ3v) is 5.17. The first-order valence-electron chi connectivity index (χ1n) is 9.58. The summed E-state index contributed by atoms with van der Waals surface area (Å²) in [5.74, 6) is -0.303. The van der Waals surface area contributed by atoms with E-state index < -0.39 is 5.97 Å². The lowest BCUT2D eigenvalue weighted by molar-refractivity contribution is -0.136. The summed E-state index contributed by atoms with van der Waals surface area (Å²) in [4.78, 5) is 15.9. The molecule has 0 aliphatic carbocycles. The van der Waals surface area contributed by atoms with E-state index in [-0.39, 0.29) is 6.42 Å². The lowest BCUT2D eigenvalue weighted by atomic mass is 9.94. The monoisotopic (exact) mass is 384 g/mol. The van der Waals surface area contributed by atoms with Crippen LogP contribution >= 0.6 is 0 Å². The molecule has 0 radical (unpaired) electrons. The Morgan fingerprint density at radius 3 is 2.76 bits per heavy atom. The zero-order valence-electron chi connectivity index (χ0n) is 15.9. The van der Waals surface area contributed by atoms with E-state index in [0.29, 0.717) is 18.1 Å². The number of carboxylic acid groups (broad SMARTS) is 1. The number of nitrogens with zero attached hydrogens (tertiary/aromatic N) is 2. The minimum Gasteiger partial charge on any atom is -0.481 e. The highest BCUT2D eigenvalue weighted by Crippen LogP contribution is 2.26. The normalized spacial score (nSPS) is 12.9. The van der Waals surface area contributed by atoms with Crippen molar-refractivity contribution in [3.05, 3.63) is 82.4 Å². The summed E-state index contributed by atoms with van der Waals surface area (Å²) in [6.45, 7) is 0.388. The average Bonchev–Trinajstić information content (AvgIpc) is 2.73. The van der Waals surface area contributed by atoms with Gasteiger partial charge in [0.05, 0.1) is 23.7 Å². The van der Waals surface area contributed by atoms with E-state index in [9.17, 15) is 15.2 Å². The molecular formula is C24H20N2O3.